The van der Waals surface area contributed by atoms with Gasteiger partial charge in [-0.25, -0.2) is 4.99 Å². The molecule has 1 rings (SSSR count). The number of halogens is 2. The van der Waals surface area contributed by atoms with Gasteiger partial charge in [-0.1, -0.05) is 27.7 Å². The van der Waals surface area contributed by atoms with E-state index >= 15 is 0 Å². The van der Waals surface area contributed by atoms with Gasteiger partial charge in [-0.2, -0.15) is 10.5 Å². The summed E-state index contributed by atoms with van der Waals surface area (Å²) in [5.74, 6) is 0. The Balaban J connectivity index is 3.32. The number of rotatable bonds is 1. The summed E-state index contributed by atoms with van der Waals surface area (Å²) in [6.07, 6.45) is 3.62. The summed E-state index contributed by atoms with van der Waals surface area (Å²) in [7, 11) is 0. The van der Waals surface area contributed by atoms with Gasteiger partial charge in [0.2, 0.25) is 0 Å². The quantitative estimate of drug-likeness (QED) is 0.248. The zero-order valence-electron chi connectivity index (χ0n) is 8.66. The number of hydrogen-bond donors (Lipinski definition) is 1. The fourth-order valence-electron chi connectivity index (χ4n) is 1.04. The Morgan fingerprint density at radius 3 is 2.76 bits per heavy atom. The number of nitrogens with one attached hydrogen (secondary N) is 1. The van der Waals surface area contributed by atoms with Crippen molar-refractivity contribution in [1.82, 2.24) is 5.32 Å². The fourth-order valence-corrected chi connectivity index (χ4v) is 3.00. The van der Waals surface area contributed by atoms with Gasteiger partial charge in [-0.05, 0) is 41.0 Å². The number of nitriles is 2. The first-order valence-electron chi connectivity index (χ1n) is 4.29. The van der Waals surface area contributed by atoms with E-state index in [0.717, 1.165) is 8.04 Å². The highest BCUT2D eigenvalue weighted by atomic mass is 127. The monoisotopic (exact) mass is 420 g/mol. The van der Waals surface area contributed by atoms with E-state index in [2.05, 4.69) is 54.9 Å². The lowest BCUT2D eigenvalue weighted by Gasteiger charge is -2.05. The van der Waals surface area contributed by atoms with Crippen LogP contribution in [0.2, 0.25) is 0 Å². The average Bonchev–Trinajstić information content (AvgIpc) is 2.30. The lowest BCUT2D eigenvalue weighted by molar-refractivity contribution is 1.27. The molecule has 0 aliphatic carbocycles. The summed E-state index contributed by atoms with van der Waals surface area (Å²) in [6.45, 7) is 0. The van der Waals surface area contributed by atoms with E-state index in [-0.39, 0.29) is 0 Å². The molecule has 0 amide bonds. The SMILES string of the molecule is CSC(=Nc1c(I)cc(Br)cc1C#N)NC#N. The van der Waals surface area contributed by atoms with E-state index in [1.165, 1.54) is 11.8 Å². The van der Waals surface area contributed by atoms with Crippen molar-refractivity contribution < 1.29 is 0 Å². The molecule has 7 heteroatoms. The topological polar surface area (TPSA) is 72.0 Å². The van der Waals surface area contributed by atoms with Crippen molar-refractivity contribution in [3.8, 4) is 12.3 Å². The van der Waals surface area contributed by atoms with Crippen molar-refractivity contribution in [2.45, 2.75) is 0 Å². The summed E-state index contributed by atoms with van der Waals surface area (Å²) < 4.78 is 1.68. The molecule has 0 spiro atoms. The molecule has 0 bridgehead atoms. The molecule has 0 saturated heterocycles. The summed E-state index contributed by atoms with van der Waals surface area (Å²) in [5, 5.41) is 20.5. The number of hydrogen-bond acceptors (Lipinski definition) is 4. The Labute approximate surface area is 125 Å². The zero-order valence-corrected chi connectivity index (χ0v) is 13.2. The highest BCUT2D eigenvalue weighted by Crippen LogP contribution is 2.30. The fraction of sp³-hybridized carbons (Fsp3) is 0.100. The molecule has 17 heavy (non-hydrogen) atoms. The van der Waals surface area contributed by atoms with Crippen LogP contribution in [0.3, 0.4) is 0 Å². The molecule has 1 aromatic carbocycles. The van der Waals surface area contributed by atoms with Crippen LogP contribution in [0.15, 0.2) is 21.6 Å². The third-order valence-corrected chi connectivity index (χ3v) is 3.58. The summed E-state index contributed by atoms with van der Waals surface area (Å²) in [4.78, 5) is 4.27. The molecule has 0 unspecified atom stereocenters. The van der Waals surface area contributed by atoms with Gasteiger partial charge in [0.15, 0.2) is 11.4 Å². The number of aliphatic imine (C=N–C) groups is 1. The van der Waals surface area contributed by atoms with Crippen LogP contribution in [-0.2, 0) is 0 Å². The highest BCUT2D eigenvalue weighted by molar-refractivity contribution is 14.1. The minimum atomic E-state index is 0.462. The van der Waals surface area contributed by atoms with E-state index < -0.39 is 0 Å². The van der Waals surface area contributed by atoms with Crippen molar-refractivity contribution in [1.29, 1.82) is 10.5 Å². The Bertz CT molecular complexity index is 544. The van der Waals surface area contributed by atoms with E-state index in [0.29, 0.717) is 16.4 Å². The van der Waals surface area contributed by atoms with Gasteiger partial charge >= 0.3 is 0 Å². The van der Waals surface area contributed by atoms with Gasteiger partial charge in [0, 0.05) is 8.04 Å². The molecule has 0 heterocycles. The van der Waals surface area contributed by atoms with Gasteiger partial charge in [0.25, 0.3) is 0 Å². The molecule has 0 aliphatic heterocycles. The van der Waals surface area contributed by atoms with Crippen LogP contribution in [0.1, 0.15) is 5.56 Å². The van der Waals surface area contributed by atoms with E-state index in [9.17, 15) is 0 Å². The molecular weight excluding hydrogens is 415 g/mol. The predicted octanol–water partition coefficient (Wildman–Crippen LogP) is 3.35. The summed E-state index contributed by atoms with van der Waals surface area (Å²) in [5.41, 5.74) is 1.04. The standard InChI is InChI=1S/C10H6BrIN4S/c1-17-10(15-5-14)16-9-6(4-13)2-7(11)3-8(9)12/h2-3H,1H3,(H,15,16). The molecular formula is C10H6BrIN4S. The first-order chi connectivity index (χ1) is 8.12. The van der Waals surface area contributed by atoms with Crippen LogP contribution in [0.5, 0.6) is 0 Å². The second-order valence-corrected chi connectivity index (χ2v) is 5.63. The zero-order chi connectivity index (χ0) is 12.8. The Morgan fingerprint density at radius 1 is 1.53 bits per heavy atom. The van der Waals surface area contributed by atoms with Gasteiger partial charge in [-0.15, -0.1) is 0 Å². The van der Waals surface area contributed by atoms with E-state index in [1.807, 2.05) is 12.3 Å². The average molecular weight is 421 g/mol. The summed E-state index contributed by atoms with van der Waals surface area (Å²) in [6, 6.07) is 5.65. The minimum absolute atomic E-state index is 0.462. The van der Waals surface area contributed by atoms with E-state index in [4.69, 9.17) is 10.5 Å². The molecule has 0 aromatic heterocycles. The number of thioether (sulfide) groups is 1. The van der Waals surface area contributed by atoms with Crippen LogP contribution >= 0.6 is 50.3 Å². The van der Waals surface area contributed by atoms with Crippen LogP contribution < -0.4 is 5.32 Å². The van der Waals surface area contributed by atoms with Crippen LogP contribution in [0, 0.1) is 26.4 Å². The van der Waals surface area contributed by atoms with Crippen molar-refractivity contribution in [3.05, 3.63) is 25.7 Å². The largest absolute Gasteiger partial charge is 0.271 e. The molecule has 86 valence electrons. The maximum absolute atomic E-state index is 9.05. The molecule has 1 N–H and O–H groups in total. The van der Waals surface area contributed by atoms with Gasteiger partial charge < -0.3 is 0 Å². The smallest absolute Gasteiger partial charge is 0.183 e. The normalized spacial score (nSPS) is 10.5. The van der Waals surface area contributed by atoms with Gasteiger partial charge in [-0.3, -0.25) is 5.32 Å². The molecule has 4 nitrogen and oxygen atoms in total. The second-order valence-electron chi connectivity index (χ2n) is 2.75. The third kappa shape index (κ3) is 3.87. The number of nitrogens with zero attached hydrogens (tertiary/aromatic N) is 3. The van der Waals surface area contributed by atoms with Crippen molar-refractivity contribution in [3.63, 3.8) is 0 Å². The predicted molar refractivity (Wildman–Crippen MR) is 80.9 cm³/mol. The maximum Gasteiger partial charge on any atom is 0.183 e. The molecule has 0 fully saturated rings. The van der Waals surface area contributed by atoms with Crippen LogP contribution in [0.25, 0.3) is 0 Å². The van der Waals surface area contributed by atoms with Crippen molar-refractivity contribution in [2.75, 3.05) is 6.26 Å². The number of benzene rings is 1. The van der Waals surface area contributed by atoms with Gasteiger partial charge in [0.1, 0.15) is 6.07 Å². The third-order valence-electron chi connectivity index (χ3n) is 1.72. The first kappa shape index (κ1) is 14.3. The van der Waals surface area contributed by atoms with Crippen LogP contribution in [0.4, 0.5) is 5.69 Å². The van der Waals surface area contributed by atoms with E-state index in [1.54, 1.807) is 12.3 Å². The molecule has 1 aromatic rings. The van der Waals surface area contributed by atoms with Gasteiger partial charge in [0.05, 0.1) is 11.3 Å². The maximum atomic E-state index is 9.05. The summed E-state index contributed by atoms with van der Waals surface area (Å²) >= 11 is 6.74. The number of amidine groups is 1. The lowest BCUT2D eigenvalue weighted by atomic mass is 10.2. The Hall–Kier alpha value is -0.770. The molecule has 0 aliphatic rings. The minimum Gasteiger partial charge on any atom is -0.271 e. The van der Waals surface area contributed by atoms with Crippen molar-refractivity contribution >= 4 is 61.1 Å². The molecule has 0 atom stereocenters. The molecule has 0 radical (unpaired) electrons. The Kier molecular flexibility index (Phi) is 5.75. The van der Waals surface area contributed by atoms with Crippen LogP contribution in [-0.4, -0.2) is 11.4 Å². The second kappa shape index (κ2) is 6.84. The highest BCUT2D eigenvalue weighted by Gasteiger charge is 2.09. The van der Waals surface area contributed by atoms with Crippen molar-refractivity contribution in [2.24, 2.45) is 4.99 Å². The molecule has 0 saturated carbocycles. The Morgan fingerprint density at radius 2 is 2.24 bits per heavy atom. The first-order valence-corrected chi connectivity index (χ1v) is 7.39. The lowest BCUT2D eigenvalue weighted by Crippen LogP contribution is -2.12.